The summed E-state index contributed by atoms with van der Waals surface area (Å²) in [7, 11) is 0. The second-order valence-corrected chi connectivity index (χ2v) is 6.46. The lowest BCUT2D eigenvalue weighted by molar-refractivity contribution is 0.191. The van der Waals surface area contributed by atoms with Gasteiger partial charge < -0.3 is 10.4 Å². The van der Waals surface area contributed by atoms with Crippen LogP contribution in [0.5, 0.6) is 0 Å². The second-order valence-electron chi connectivity index (χ2n) is 6.46. The lowest BCUT2D eigenvalue weighted by Crippen LogP contribution is -2.14. The number of aliphatic hydroxyl groups excluding tert-OH is 1. The molecule has 0 saturated heterocycles. The minimum Gasteiger partial charge on any atom is -0.387 e. The number of benzene rings is 2. The molecule has 0 aliphatic carbocycles. The molecule has 2 heterocycles. The molecule has 0 fully saturated rings. The lowest BCUT2D eigenvalue weighted by Gasteiger charge is -2.15. The van der Waals surface area contributed by atoms with Crippen LogP contribution in [-0.2, 0) is 0 Å². The summed E-state index contributed by atoms with van der Waals surface area (Å²) < 4.78 is 0. The maximum absolute atomic E-state index is 10.6. The van der Waals surface area contributed by atoms with Crippen molar-refractivity contribution in [3.05, 3.63) is 84.2 Å². The topological polar surface area (TPSA) is 70.9 Å². The summed E-state index contributed by atoms with van der Waals surface area (Å²) >= 11 is 0. The molecule has 4 aromatic rings. The van der Waals surface area contributed by atoms with Gasteiger partial charge in [-0.1, -0.05) is 42.0 Å². The van der Waals surface area contributed by atoms with Gasteiger partial charge in [0.05, 0.1) is 11.6 Å². The average molecular weight is 356 g/mol. The van der Waals surface area contributed by atoms with E-state index in [0.29, 0.717) is 18.2 Å². The molecule has 5 nitrogen and oxygen atoms in total. The Labute approximate surface area is 157 Å². The van der Waals surface area contributed by atoms with Crippen LogP contribution in [0.3, 0.4) is 0 Å². The van der Waals surface area contributed by atoms with Gasteiger partial charge in [-0.2, -0.15) is 0 Å². The lowest BCUT2D eigenvalue weighted by atomic mass is 10.1. The number of aliphatic hydroxyl groups is 1. The molecular formula is C22H20N4O. The van der Waals surface area contributed by atoms with Crippen molar-refractivity contribution >= 4 is 16.7 Å². The number of aryl methyl sites for hydroxylation is 1. The summed E-state index contributed by atoms with van der Waals surface area (Å²) in [5.41, 5.74) is 3.76. The van der Waals surface area contributed by atoms with Crippen molar-refractivity contribution < 1.29 is 5.11 Å². The van der Waals surface area contributed by atoms with Gasteiger partial charge in [0, 0.05) is 29.9 Å². The van der Waals surface area contributed by atoms with Crippen molar-refractivity contribution in [1.29, 1.82) is 0 Å². The number of fused-ring (bicyclic) bond motifs is 1. The van der Waals surface area contributed by atoms with Gasteiger partial charge in [0.15, 0.2) is 5.82 Å². The molecule has 0 saturated carbocycles. The molecule has 1 unspecified atom stereocenters. The zero-order valence-electron chi connectivity index (χ0n) is 15.0. The van der Waals surface area contributed by atoms with E-state index in [1.54, 1.807) is 12.4 Å². The van der Waals surface area contributed by atoms with Crippen molar-refractivity contribution in [2.75, 3.05) is 11.9 Å². The molecule has 0 aliphatic rings. The Morgan fingerprint density at radius 3 is 2.59 bits per heavy atom. The molecule has 2 N–H and O–H groups in total. The van der Waals surface area contributed by atoms with Crippen molar-refractivity contribution in [1.82, 2.24) is 15.0 Å². The van der Waals surface area contributed by atoms with Gasteiger partial charge >= 0.3 is 0 Å². The first-order valence-electron chi connectivity index (χ1n) is 8.86. The molecule has 134 valence electrons. The van der Waals surface area contributed by atoms with E-state index in [4.69, 9.17) is 4.98 Å². The molecule has 0 bridgehead atoms. The van der Waals surface area contributed by atoms with E-state index in [1.165, 1.54) is 0 Å². The maximum atomic E-state index is 10.6. The number of nitrogens with zero attached hydrogens (tertiary/aromatic N) is 3. The Morgan fingerprint density at radius 2 is 1.78 bits per heavy atom. The van der Waals surface area contributed by atoms with Crippen molar-refractivity contribution in [3.63, 3.8) is 0 Å². The molecule has 5 heteroatoms. The Morgan fingerprint density at radius 1 is 0.963 bits per heavy atom. The third kappa shape index (κ3) is 3.78. The highest BCUT2D eigenvalue weighted by Gasteiger charge is 2.12. The van der Waals surface area contributed by atoms with Crippen LogP contribution in [0, 0.1) is 6.92 Å². The van der Waals surface area contributed by atoms with Gasteiger partial charge in [-0.05, 0) is 36.8 Å². The van der Waals surface area contributed by atoms with Crippen LogP contribution >= 0.6 is 0 Å². The van der Waals surface area contributed by atoms with Crippen LogP contribution in [0.2, 0.25) is 0 Å². The predicted molar refractivity (Wildman–Crippen MR) is 107 cm³/mol. The Kier molecular flexibility index (Phi) is 4.77. The average Bonchev–Trinajstić information content (AvgIpc) is 2.72. The SMILES string of the molecule is Cc1cccc(C(O)CNc2nc(-c3ccncc3)nc3ccccc23)c1. The van der Waals surface area contributed by atoms with Gasteiger partial charge in [0.1, 0.15) is 5.82 Å². The molecule has 0 aliphatic heterocycles. The van der Waals surface area contributed by atoms with Crippen LogP contribution in [0.4, 0.5) is 5.82 Å². The fourth-order valence-electron chi connectivity index (χ4n) is 3.03. The standard InChI is InChI=1S/C22H20N4O/c1-15-5-4-6-17(13-15)20(27)14-24-22-18-7-2-3-8-19(18)25-21(26-22)16-9-11-23-12-10-16/h2-13,20,27H,14H2,1H3,(H,24,25,26). The van der Waals surface area contributed by atoms with E-state index in [2.05, 4.69) is 15.3 Å². The minimum absolute atomic E-state index is 0.361. The number of para-hydroxylation sites is 1. The molecule has 2 aromatic heterocycles. The van der Waals surface area contributed by atoms with Crippen LogP contribution in [0.15, 0.2) is 73.1 Å². The molecule has 0 amide bonds. The van der Waals surface area contributed by atoms with E-state index >= 15 is 0 Å². The predicted octanol–water partition coefficient (Wildman–Crippen LogP) is 4.15. The van der Waals surface area contributed by atoms with E-state index in [-0.39, 0.29) is 0 Å². The summed E-state index contributed by atoms with van der Waals surface area (Å²) in [4.78, 5) is 13.4. The smallest absolute Gasteiger partial charge is 0.162 e. The van der Waals surface area contributed by atoms with Gasteiger partial charge in [-0.3, -0.25) is 4.98 Å². The summed E-state index contributed by atoms with van der Waals surface area (Å²) in [6, 6.07) is 19.5. The number of nitrogens with one attached hydrogen (secondary N) is 1. The van der Waals surface area contributed by atoms with Gasteiger partial charge in [0.2, 0.25) is 0 Å². The molecule has 0 spiro atoms. The van der Waals surface area contributed by atoms with Gasteiger partial charge in [-0.25, -0.2) is 9.97 Å². The third-order valence-corrected chi connectivity index (χ3v) is 4.43. The van der Waals surface area contributed by atoms with Crippen LogP contribution in [-0.4, -0.2) is 26.6 Å². The second kappa shape index (κ2) is 7.51. The summed E-state index contributed by atoms with van der Waals surface area (Å²) in [6.07, 6.45) is 2.83. The van der Waals surface area contributed by atoms with E-state index in [1.807, 2.05) is 67.6 Å². The highest BCUT2D eigenvalue weighted by Crippen LogP contribution is 2.25. The normalized spacial score (nSPS) is 12.1. The number of pyridine rings is 1. The van der Waals surface area contributed by atoms with Crippen molar-refractivity contribution in [3.8, 4) is 11.4 Å². The quantitative estimate of drug-likeness (QED) is 0.562. The minimum atomic E-state index is -0.622. The van der Waals surface area contributed by atoms with Crippen molar-refractivity contribution in [2.45, 2.75) is 13.0 Å². The molecule has 0 radical (unpaired) electrons. The first kappa shape index (κ1) is 17.1. The Balaban J connectivity index is 1.66. The molecule has 2 aromatic carbocycles. The largest absolute Gasteiger partial charge is 0.387 e. The van der Waals surface area contributed by atoms with Gasteiger partial charge in [-0.15, -0.1) is 0 Å². The molecular weight excluding hydrogens is 336 g/mol. The number of hydrogen-bond acceptors (Lipinski definition) is 5. The summed E-state index contributed by atoms with van der Waals surface area (Å²) in [6.45, 7) is 2.38. The first-order valence-corrected chi connectivity index (χ1v) is 8.86. The van der Waals surface area contributed by atoms with Crippen molar-refractivity contribution in [2.24, 2.45) is 0 Å². The van der Waals surface area contributed by atoms with Crippen LogP contribution in [0.1, 0.15) is 17.2 Å². The van der Waals surface area contributed by atoms with Crippen LogP contribution < -0.4 is 5.32 Å². The van der Waals surface area contributed by atoms with E-state index in [9.17, 15) is 5.11 Å². The monoisotopic (exact) mass is 356 g/mol. The zero-order valence-corrected chi connectivity index (χ0v) is 15.0. The Hall–Kier alpha value is -3.31. The van der Waals surface area contributed by atoms with E-state index < -0.39 is 6.10 Å². The maximum Gasteiger partial charge on any atom is 0.162 e. The summed E-state index contributed by atoms with van der Waals surface area (Å²) in [5, 5.41) is 14.8. The highest BCUT2D eigenvalue weighted by molar-refractivity contribution is 5.90. The fraction of sp³-hybridized carbons (Fsp3) is 0.136. The highest BCUT2D eigenvalue weighted by atomic mass is 16.3. The van der Waals surface area contributed by atoms with Gasteiger partial charge in [0.25, 0.3) is 0 Å². The van der Waals surface area contributed by atoms with E-state index in [0.717, 1.165) is 27.6 Å². The first-order chi connectivity index (χ1) is 13.2. The molecule has 4 rings (SSSR count). The number of hydrogen-bond donors (Lipinski definition) is 2. The third-order valence-electron chi connectivity index (χ3n) is 4.43. The number of rotatable bonds is 5. The summed E-state index contributed by atoms with van der Waals surface area (Å²) in [5.74, 6) is 1.34. The van der Waals surface area contributed by atoms with Crippen LogP contribution in [0.25, 0.3) is 22.3 Å². The zero-order chi connectivity index (χ0) is 18.6. The Bertz CT molecular complexity index is 1070. The molecule has 1 atom stereocenters. The fourth-order valence-corrected chi connectivity index (χ4v) is 3.03. The number of aromatic nitrogens is 3. The molecule has 27 heavy (non-hydrogen) atoms. The number of anilines is 1.